The van der Waals surface area contributed by atoms with Crippen molar-refractivity contribution in [3.8, 4) is 0 Å². The lowest BCUT2D eigenvalue weighted by Gasteiger charge is -2.20. The van der Waals surface area contributed by atoms with Gasteiger partial charge in [0, 0.05) is 11.8 Å². The first-order valence-electron chi connectivity index (χ1n) is 13.6. The minimum atomic E-state index is -0.299. The largest absolute Gasteiger partial charge is 0.338 e. The molecule has 0 atom stereocenters. The van der Waals surface area contributed by atoms with Crippen LogP contribution in [-0.4, -0.2) is 11.2 Å². The molecule has 0 saturated heterocycles. The highest BCUT2D eigenvalue weighted by molar-refractivity contribution is 6.00. The number of aryl methyl sites for hydroxylation is 1. The summed E-state index contributed by atoms with van der Waals surface area (Å²) in [6, 6.07) is 7.75. The van der Waals surface area contributed by atoms with E-state index in [0.29, 0.717) is 17.7 Å². The van der Waals surface area contributed by atoms with Crippen LogP contribution < -0.4 is 10.6 Å². The van der Waals surface area contributed by atoms with Gasteiger partial charge in [0.25, 0.3) is 0 Å². The van der Waals surface area contributed by atoms with Crippen LogP contribution in [0.25, 0.3) is 0 Å². The third kappa shape index (κ3) is 9.90. The third-order valence-electron chi connectivity index (χ3n) is 6.44. The Balaban J connectivity index is 1.71. The molecule has 0 unspecified atom stereocenters. The number of urea groups is 1. The van der Waals surface area contributed by atoms with E-state index in [4.69, 9.17) is 4.52 Å². The quantitative estimate of drug-likeness (QED) is 0.241. The van der Waals surface area contributed by atoms with Crippen molar-refractivity contribution in [2.24, 2.45) is 0 Å². The molecule has 0 radical (unpaired) electrons. The van der Waals surface area contributed by atoms with Crippen molar-refractivity contribution in [2.75, 3.05) is 10.6 Å². The van der Waals surface area contributed by atoms with Crippen molar-refractivity contribution < 1.29 is 9.32 Å². The van der Waals surface area contributed by atoms with Gasteiger partial charge < -0.3 is 9.84 Å². The predicted octanol–water partition coefficient (Wildman–Crippen LogP) is 9.42. The molecule has 1 aromatic heterocycles. The van der Waals surface area contributed by atoms with E-state index in [1.54, 1.807) is 0 Å². The van der Waals surface area contributed by atoms with Gasteiger partial charge in [-0.05, 0) is 35.8 Å². The Morgan fingerprint density at radius 3 is 1.88 bits per heavy atom. The maximum atomic E-state index is 12.7. The molecule has 1 aromatic carbocycles. The highest BCUT2D eigenvalue weighted by Gasteiger charge is 2.17. The Labute approximate surface area is 207 Å². The van der Waals surface area contributed by atoms with E-state index in [1.165, 1.54) is 64.2 Å². The van der Waals surface area contributed by atoms with Crippen LogP contribution in [0.3, 0.4) is 0 Å². The average Bonchev–Trinajstić information content (AvgIpc) is 3.24. The molecule has 5 heteroatoms. The molecular formula is C29H47N3O2. The topological polar surface area (TPSA) is 67.2 Å². The normalized spacial score (nSPS) is 11.4. The van der Waals surface area contributed by atoms with Crippen LogP contribution in [0.1, 0.15) is 134 Å². The Kier molecular flexibility index (Phi) is 12.8. The maximum absolute atomic E-state index is 12.7. The van der Waals surface area contributed by atoms with Gasteiger partial charge >= 0.3 is 6.03 Å². The molecule has 0 saturated carbocycles. The molecule has 190 valence electrons. The van der Waals surface area contributed by atoms with Crippen molar-refractivity contribution in [1.82, 2.24) is 5.16 Å². The number of nitrogens with one attached hydrogen (secondary N) is 2. The van der Waals surface area contributed by atoms with Gasteiger partial charge in [-0.2, -0.15) is 0 Å². The Morgan fingerprint density at radius 1 is 0.824 bits per heavy atom. The number of unbranched alkanes of at least 4 members (excludes halogenated alkanes) is 10. The highest BCUT2D eigenvalue weighted by Crippen LogP contribution is 2.32. The molecule has 0 spiro atoms. The molecular weight excluding hydrogens is 422 g/mol. The first-order valence-corrected chi connectivity index (χ1v) is 13.6. The Hall–Kier alpha value is -2.30. The van der Waals surface area contributed by atoms with E-state index >= 15 is 0 Å². The van der Waals surface area contributed by atoms with Crippen molar-refractivity contribution in [3.63, 3.8) is 0 Å². The van der Waals surface area contributed by atoms with Gasteiger partial charge in [0.1, 0.15) is 0 Å². The molecule has 5 nitrogen and oxygen atoms in total. The van der Waals surface area contributed by atoms with Gasteiger partial charge in [-0.25, -0.2) is 4.79 Å². The highest BCUT2D eigenvalue weighted by atomic mass is 16.5. The summed E-state index contributed by atoms with van der Waals surface area (Å²) in [6.45, 7) is 10.8. The first-order chi connectivity index (χ1) is 16.4. The SMILES string of the molecule is CCCCCCCCCCCCCc1cc(NC(=O)Nc2c(C(C)C)cccc2C(C)C)on1. The summed E-state index contributed by atoms with van der Waals surface area (Å²) in [5.74, 6) is 1.03. The molecule has 0 aliphatic carbocycles. The van der Waals surface area contributed by atoms with Crippen molar-refractivity contribution >= 4 is 17.6 Å². The zero-order valence-electron chi connectivity index (χ0n) is 22.2. The zero-order chi connectivity index (χ0) is 24.8. The van der Waals surface area contributed by atoms with Crippen LogP contribution in [0.5, 0.6) is 0 Å². The standard InChI is InChI=1S/C29H47N3O2/c1-6-7-8-9-10-11-12-13-14-15-16-18-24-21-27(34-32-24)30-29(33)31-28-25(22(2)3)19-17-20-26(28)23(4)5/h17,19-23H,6-16,18H2,1-5H3,(H2,30,31,33). The summed E-state index contributed by atoms with van der Waals surface area (Å²) in [7, 11) is 0. The second-order valence-electron chi connectivity index (χ2n) is 10.2. The van der Waals surface area contributed by atoms with E-state index in [1.807, 2.05) is 6.07 Å². The molecule has 0 bridgehead atoms. The van der Waals surface area contributed by atoms with E-state index < -0.39 is 0 Å². The Bertz CT molecular complexity index is 815. The summed E-state index contributed by atoms with van der Waals surface area (Å²) < 4.78 is 5.36. The lowest BCUT2D eigenvalue weighted by Crippen LogP contribution is -2.21. The monoisotopic (exact) mass is 469 g/mol. The van der Waals surface area contributed by atoms with Crippen LogP contribution in [0.15, 0.2) is 28.8 Å². The molecule has 2 amide bonds. The number of nitrogens with zero attached hydrogens (tertiary/aromatic N) is 1. The minimum Gasteiger partial charge on any atom is -0.338 e. The van der Waals surface area contributed by atoms with Crippen molar-refractivity contribution in [1.29, 1.82) is 0 Å². The molecule has 0 aliphatic heterocycles. The fraction of sp³-hybridized carbons (Fsp3) is 0.655. The van der Waals surface area contributed by atoms with E-state index in [9.17, 15) is 4.79 Å². The molecule has 2 rings (SSSR count). The average molecular weight is 470 g/mol. The van der Waals surface area contributed by atoms with Crippen molar-refractivity contribution in [2.45, 2.75) is 124 Å². The summed E-state index contributed by atoms with van der Waals surface area (Å²) in [6.07, 6.45) is 15.5. The van der Waals surface area contributed by atoms with E-state index in [2.05, 4.69) is 68.6 Å². The summed E-state index contributed by atoms with van der Waals surface area (Å²) in [5, 5.41) is 9.99. The molecule has 34 heavy (non-hydrogen) atoms. The lowest BCUT2D eigenvalue weighted by atomic mass is 9.93. The van der Waals surface area contributed by atoms with Gasteiger partial charge in [-0.15, -0.1) is 0 Å². The van der Waals surface area contributed by atoms with Crippen molar-refractivity contribution in [3.05, 3.63) is 41.1 Å². The van der Waals surface area contributed by atoms with Crippen LogP contribution in [0.2, 0.25) is 0 Å². The Morgan fingerprint density at radius 2 is 1.35 bits per heavy atom. The van der Waals surface area contributed by atoms with E-state index in [0.717, 1.165) is 35.3 Å². The van der Waals surface area contributed by atoms with Gasteiger partial charge in [-0.3, -0.25) is 5.32 Å². The van der Waals surface area contributed by atoms with Crippen LogP contribution in [0.4, 0.5) is 16.4 Å². The molecule has 1 heterocycles. The number of para-hydroxylation sites is 1. The first kappa shape index (κ1) is 27.9. The predicted molar refractivity (Wildman–Crippen MR) is 144 cm³/mol. The van der Waals surface area contributed by atoms with Crippen LogP contribution in [0, 0.1) is 0 Å². The molecule has 2 N–H and O–H groups in total. The molecule has 0 aliphatic rings. The third-order valence-corrected chi connectivity index (χ3v) is 6.44. The number of aromatic nitrogens is 1. The number of hydrogen-bond acceptors (Lipinski definition) is 3. The van der Waals surface area contributed by atoms with Gasteiger partial charge in [-0.1, -0.05) is 122 Å². The minimum absolute atomic E-state index is 0.299. The van der Waals surface area contributed by atoms with Crippen LogP contribution in [-0.2, 0) is 6.42 Å². The number of benzene rings is 1. The zero-order valence-corrected chi connectivity index (χ0v) is 22.2. The molecule has 0 fully saturated rings. The lowest BCUT2D eigenvalue weighted by molar-refractivity contribution is 0.261. The maximum Gasteiger partial charge on any atom is 0.326 e. The van der Waals surface area contributed by atoms with Crippen LogP contribution >= 0.6 is 0 Å². The number of carbonyl (C=O) groups excluding carboxylic acids is 1. The summed E-state index contributed by atoms with van der Waals surface area (Å²) in [5.41, 5.74) is 4.06. The van der Waals surface area contributed by atoms with Gasteiger partial charge in [0.2, 0.25) is 5.88 Å². The fourth-order valence-electron chi connectivity index (χ4n) is 4.41. The van der Waals surface area contributed by atoms with Gasteiger partial charge in [0.05, 0.1) is 5.69 Å². The summed E-state index contributed by atoms with van der Waals surface area (Å²) >= 11 is 0. The number of rotatable bonds is 16. The second kappa shape index (κ2) is 15.6. The van der Waals surface area contributed by atoms with E-state index in [-0.39, 0.29) is 6.03 Å². The summed E-state index contributed by atoms with van der Waals surface area (Å²) in [4.78, 5) is 12.7. The number of anilines is 2. The smallest absolute Gasteiger partial charge is 0.326 e. The second-order valence-corrected chi connectivity index (χ2v) is 10.2. The molecule has 2 aromatic rings. The number of carbonyl (C=O) groups is 1. The number of hydrogen-bond donors (Lipinski definition) is 2. The number of amides is 2. The van der Waals surface area contributed by atoms with Gasteiger partial charge in [0.15, 0.2) is 0 Å². The fourth-order valence-corrected chi connectivity index (χ4v) is 4.41.